The molecular formula is C10H26N4Si. The minimum Gasteiger partial charge on any atom is -0.262 e. The summed E-state index contributed by atoms with van der Waals surface area (Å²) in [6, 6.07) is 0. The van der Waals surface area contributed by atoms with E-state index in [1.807, 2.05) is 5.70 Å². The van der Waals surface area contributed by atoms with E-state index in [4.69, 9.17) is 0 Å². The highest BCUT2D eigenvalue weighted by molar-refractivity contribution is 6.58. The van der Waals surface area contributed by atoms with Crippen molar-refractivity contribution in [1.82, 2.24) is 21.0 Å². The van der Waals surface area contributed by atoms with E-state index in [2.05, 4.69) is 69.2 Å². The van der Waals surface area contributed by atoms with Crippen molar-refractivity contribution in [3.63, 3.8) is 0 Å². The van der Waals surface area contributed by atoms with Gasteiger partial charge in [0.05, 0.1) is 0 Å². The third kappa shape index (κ3) is 10.1. The Morgan fingerprint density at radius 3 is 1.40 bits per heavy atom. The molecule has 5 heteroatoms. The smallest absolute Gasteiger partial charge is 0.236 e. The van der Waals surface area contributed by atoms with Gasteiger partial charge < -0.3 is 0 Å². The van der Waals surface area contributed by atoms with Gasteiger partial charge in [0.15, 0.2) is 0 Å². The monoisotopic (exact) mass is 230 g/mol. The summed E-state index contributed by atoms with van der Waals surface area (Å²) < 4.78 is 0. The summed E-state index contributed by atoms with van der Waals surface area (Å²) in [6.07, 6.45) is 0. The Bertz CT molecular complexity index is 175. The molecule has 4 nitrogen and oxygen atoms in total. The van der Waals surface area contributed by atoms with Crippen molar-refractivity contribution in [1.29, 1.82) is 0 Å². The van der Waals surface area contributed by atoms with Crippen LogP contribution in [-0.4, -0.2) is 20.2 Å². The Morgan fingerprint density at radius 2 is 1.20 bits per heavy atom. The molecule has 90 valence electrons. The van der Waals surface area contributed by atoms with E-state index in [9.17, 15) is 0 Å². The second kappa shape index (κ2) is 5.76. The summed E-state index contributed by atoms with van der Waals surface area (Å²) in [4.78, 5) is 0. The molecule has 15 heavy (non-hydrogen) atoms. The second-order valence-corrected chi connectivity index (χ2v) is 7.76. The van der Waals surface area contributed by atoms with Gasteiger partial charge in [-0.1, -0.05) is 5.70 Å². The fraction of sp³-hybridized carbons (Fsp3) is 0.800. The van der Waals surface area contributed by atoms with E-state index in [1.165, 1.54) is 0 Å². The van der Waals surface area contributed by atoms with Crippen molar-refractivity contribution < 1.29 is 0 Å². The van der Waals surface area contributed by atoms with Crippen molar-refractivity contribution in [2.45, 2.75) is 52.6 Å². The van der Waals surface area contributed by atoms with Crippen LogP contribution in [0.5, 0.6) is 0 Å². The Morgan fingerprint density at radius 1 is 0.867 bits per heavy atom. The summed E-state index contributed by atoms with van der Waals surface area (Å²) in [7, 11) is -1.37. The summed E-state index contributed by atoms with van der Waals surface area (Å²) >= 11 is 0. The van der Waals surface area contributed by atoms with Gasteiger partial charge in [-0.05, 0) is 41.5 Å². The second-order valence-electron chi connectivity index (χ2n) is 5.75. The molecule has 0 saturated heterocycles. The van der Waals surface area contributed by atoms with Crippen LogP contribution < -0.4 is 21.0 Å². The Labute approximate surface area is 95.6 Å². The molecule has 4 N–H and O–H groups in total. The first kappa shape index (κ1) is 14.8. The number of hydrogen-bond acceptors (Lipinski definition) is 4. The highest BCUT2D eigenvalue weighted by atomic mass is 28.3. The van der Waals surface area contributed by atoms with Crippen molar-refractivity contribution in [3.8, 4) is 0 Å². The van der Waals surface area contributed by atoms with Crippen LogP contribution in [0.4, 0.5) is 0 Å². The minimum atomic E-state index is -1.37. The standard InChI is InChI=1S/C10H26N4Si/c1-8-15(13-11-9(2,3)4)14-12-10(5,6)7/h8,11-15H,1H2,2-7H3. The Balaban J connectivity index is 3.89. The molecule has 0 aliphatic rings. The predicted molar refractivity (Wildman–Crippen MR) is 69.4 cm³/mol. The SMILES string of the molecule is C=C[SiH](NNC(C)(C)C)NNC(C)(C)C. The summed E-state index contributed by atoms with van der Waals surface area (Å²) in [5.41, 5.74) is 8.57. The van der Waals surface area contributed by atoms with Gasteiger partial charge >= 0.3 is 0 Å². The van der Waals surface area contributed by atoms with Crippen molar-refractivity contribution >= 4 is 9.12 Å². The average molecular weight is 230 g/mol. The molecular weight excluding hydrogens is 204 g/mol. The summed E-state index contributed by atoms with van der Waals surface area (Å²) in [5, 5.41) is 6.56. The first-order valence-electron chi connectivity index (χ1n) is 5.32. The number of hydrogen-bond donors (Lipinski definition) is 4. The van der Waals surface area contributed by atoms with Crippen LogP contribution in [0.2, 0.25) is 0 Å². The largest absolute Gasteiger partial charge is 0.262 e. The average Bonchev–Trinajstić information content (AvgIpc) is 2.00. The van der Waals surface area contributed by atoms with Crippen LogP contribution in [0.1, 0.15) is 41.5 Å². The number of hydrazine groups is 2. The van der Waals surface area contributed by atoms with Crippen LogP contribution in [0.15, 0.2) is 12.3 Å². The zero-order valence-corrected chi connectivity index (χ0v) is 12.0. The number of nitrogens with one attached hydrogen (secondary N) is 4. The van der Waals surface area contributed by atoms with Crippen LogP contribution in [0, 0.1) is 0 Å². The zero-order chi connectivity index (χ0) is 12.1. The topological polar surface area (TPSA) is 48.1 Å². The molecule has 0 saturated carbocycles. The van der Waals surface area contributed by atoms with E-state index in [0.29, 0.717) is 0 Å². The molecule has 0 rings (SSSR count). The van der Waals surface area contributed by atoms with E-state index < -0.39 is 9.12 Å². The molecule has 0 atom stereocenters. The summed E-state index contributed by atoms with van der Waals surface area (Å²) in [6.45, 7) is 16.5. The van der Waals surface area contributed by atoms with Gasteiger partial charge in [-0.15, -0.1) is 6.58 Å². The molecule has 0 aromatic carbocycles. The first-order valence-corrected chi connectivity index (χ1v) is 7.14. The summed E-state index contributed by atoms with van der Waals surface area (Å²) in [5.74, 6) is 0. The van der Waals surface area contributed by atoms with Gasteiger partial charge in [0.1, 0.15) is 0 Å². The van der Waals surface area contributed by atoms with Crippen LogP contribution >= 0.6 is 0 Å². The van der Waals surface area contributed by atoms with Gasteiger partial charge in [0.2, 0.25) is 9.12 Å². The maximum atomic E-state index is 3.82. The molecule has 0 aromatic rings. The lowest BCUT2D eigenvalue weighted by molar-refractivity contribution is 0.385. The fourth-order valence-corrected chi connectivity index (χ4v) is 2.23. The highest BCUT2D eigenvalue weighted by Gasteiger charge is 2.15. The van der Waals surface area contributed by atoms with Crippen molar-refractivity contribution in [2.75, 3.05) is 0 Å². The van der Waals surface area contributed by atoms with Crippen molar-refractivity contribution in [3.05, 3.63) is 12.3 Å². The van der Waals surface area contributed by atoms with Crippen LogP contribution in [-0.2, 0) is 0 Å². The lowest BCUT2D eigenvalue weighted by Gasteiger charge is -2.28. The van der Waals surface area contributed by atoms with Gasteiger partial charge in [-0.25, -0.2) is 0 Å². The van der Waals surface area contributed by atoms with Gasteiger partial charge in [-0.2, -0.15) is 0 Å². The molecule has 0 aromatic heterocycles. The van der Waals surface area contributed by atoms with Crippen LogP contribution in [0.3, 0.4) is 0 Å². The Hall–Kier alpha value is -0.203. The molecule has 0 heterocycles. The van der Waals surface area contributed by atoms with E-state index in [0.717, 1.165) is 0 Å². The van der Waals surface area contributed by atoms with E-state index >= 15 is 0 Å². The number of rotatable bonds is 5. The molecule has 0 spiro atoms. The maximum absolute atomic E-state index is 3.82. The molecule has 0 radical (unpaired) electrons. The fourth-order valence-electron chi connectivity index (χ4n) is 0.742. The molecule has 0 aliphatic carbocycles. The third-order valence-corrected chi connectivity index (χ3v) is 2.82. The Kier molecular flexibility index (Phi) is 5.69. The minimum absolute atomic E-state index is 0.0671. The van der Waals surface area contributed by atoms with Gasteiger partial charge in [0, 0.05) is 11.1 Å². The molecule has 0 amide bonds. The predicted octanol–water partition coefficient (Wildman–Crippen LogP) is 0.717. The normalized spacial score (nSPS) is 13.3. The van der Waals surface area contributed by atoms with Crippen molar-refractivity contribution in [2.24, 2.45) is 0 Å². The quantitative estimate of drug-likeness (QED) is 0.415. The van der Waals surface area contributed by atoms with Gasteiger partial charge in [0.25, 0.3) is 0 Å². The zero-order valence-electron chi connectivity index (χ0n) is 10.9. The third-order valence-electron chi connectivity index (χ3n) is 1.44. The van der Waals surface area contributed by atoms with E-state index in [-0.39, 0.29) is 11.1 Å². The van der Waals surface area contributed by atoms with E-state index in [1.54, 1.807) is 0 Å². The molecule has 0 fully saturated rings. The molecule has 0 bridgehead atoms. The van der Waals surface area contributed by atoms with Gasteiger partial charge in [-0.3, -0.25) is 21.0 Å². The van der Waals surface area contributed by atoms with Crippen LogP contribution in [0.25, 0.3) is 0 Å². The first-order chi connectivity index (χ1) is 6.64. The maximum Gasteiger partial charge on any atom is 0.236 e. The molecule has 0 aliphatic heterocycles. The lowest BCUT2D eigenvalue weighted by Crippen LogP contribution is -2.63. The highest BCUT2D eigenvalue weighted by Crippen LogP contribution is 1.96. The molecule has 0 unspecified atom stereocenters. The lowest BCUT2D eigenvalue weighted by atomic mass is 10.1.